The zero-order valence-electron chi connectivity index (χ0n) is 55.4. The van der Waals surface area contributed by atoms with Crippen molar-refractivity contribution in [2.75, 3.05) is 33.0 Å². The second-order valence-electron chi connectivity index (χ2n) is 31.4. The van der Waals surface area contributed by atoms with Crippen LogP contribution in [0.3, 0.4) is 0 Å². The van der Waals surface area contributed by atoms with Crippen LogP contribution in [0.2, 0.25) is 0 Å². The Morgan fingerprint density at radius 2 is 1.18 bits per heavy atom. The van der Waals surface area contributed by atoms with E-state index in [4.69, 9.17) is 56.8 Å². The van der Waals surface area contributed by atoms with Gasteiger partial charge in [0.25, 0.3) is 0 Å². The van der Waals surface area contributed by atoms with Crippen LogP contribution in [0.1, 0.15) is 126 Å². The third-order valence-corrected chi connectivity index (χ3v) is 24.7. The summed E-state index contributed by atoms with van der Waals surface area (Å²) in [6.45, 7) is 11.3. The number of esters is 3. The van der Waals surface area contributed by atoms with E-state index in [9.17, 15) is 91.3 Å². The molecule has 35 atom stereocenters. The van der Waals surface area contributed by atoms with Crippen LogP contribution in [-0.4, -0.2) is 298 Å². The molecule has 1 spiro atoms. The van der Waals surface area contributed by atoms with Crippen molar-refractivity contribution in [3.63, 3.8) is 0 Å². The number of ether oxygens (including phenoxy) is 12. The van der Waals surface area contributed by atoms with Crippen LogP contribution < -0.4 is 0 Å². The van der Waals surface area contributed by atoms with Gasteiger partial charge in [0.15, 0.2) is 37.4 Å². The number of rotatable bonds is 5. The van der Waals surface area contributed by atoms with Crippen LogP contribution in [0.4, 0.5) is 0 Å². The Morgan fingerprint density at radius 3 is 1.85 bits per heavy atom. The molecule has 11 fully saturated rings. The van der Waals surface area contributed by atoms with E-state index in [0.717, 1.165) is 12.5 Å². The highest BCUT2D eigenvalue weighted by molar-refractivity contribution is 5.79. The van der Waals surface area contributed by atoms with Gasteiger partial charge in [-0.15, -0.1) is 0 Å². The van der Waals surface area contributed by atoms with Crippen molar-refractivity contribution in [1.29, 1.82) is 0 Å². The SMILES string of the molecule is C[C@@H]1O[C@H]2O[C@H]3[C@@H](OC[C@H](O)[C@@H]3O)OC(=O)[C@]34CCC(C)(C)C[C@H]3C3=CC[C@@H]5[C@@]6(C)C[C@H](O)[C@H](O[C@@H]7O[C@H](CO)[C@@H](O)[C@H](O)[C@H]7O[C@@H]7O[C@H](COC(=O)CC(C)(O)CC(=O)O[C@@H]1[C@@H](O[C@@H]1O[C@H](CO)[C@@H](O)[C@H](O)[C@H]1O)[C@H]2O)[C@H](O)[C@H](O)[C@H]7O)[C@@](C)(CO)[C@@H]6CC[C@@]5(C)[C@]3(C)CC4. The molecule has 548 valence electrons. The van der Waals surface area contributed by atoms with Crippen molar-refractivity contribution >= 4 is 17.9 Å². The normalized spacial score (nSPS) is 54.4. The van der Waals surface area contributed by atoms with Crippen LogP contribution in [0.15, 0.2) is 11.6 Å². The van der Waals surface area contributed by atoms with Gasteiger partial charge in [0, 0.05) is 5.41 Å². The number of aliphatic hydroxyl groups is 16. The summed E-state index contributed by atoms with van der Waals surface area (Å²) in [5, 5.41) is 181. The predicted octanol–water partition coefficient (Wildman–Crippen LogP) is -3.95. The summed E-state index contributed by atoms with van der Waals surface area (Å²) in [4.78, 5) is 43.2. The van der Waals surface area contributed by atoms with Crippen molar-refractivity contribution in [3.8, 4) is 0 Å². The highest BCUT2D eigenvalue weighted by Crippen LogP contribution is 2.76. The first-order chi connectivity index (χ1) is 44.9. The van der Waals surface area contributed by atoms with Gasteiger partial charge in [0.2, 0.25) is 6.29 Å². The lowest BCUT2D eigenvalue weighted by Crippen LogP contribution is -2.70. The maximum absolute atomic E-state index is 15.7. The molecule has 31 heteroatoms. The van der Waals surface area contributed by atoms with E-state index in [1.165, 1.54) is 6.92 Å². The van der Waals surface area contributed by atoms with Gasteiger partial charge in [0.1, 0.15) is 104 Å². The first kappa shape index (κ1) is 74.3. The van der Waals surface area contributed by atoms with Gasteiger partial charge in [-0.25, -0.2) is 0 Å². The zero-order chi connectivity index (χ0) is 70.1. The lowest BCUT2D eigenvalue weighted by molar-refractivity contribution is -0.384. The second-order valence-corrected chi connectivity index (χ2v) is 31.4. The number of carbonyl (C=O) groups excluding carboxylic acids is 3. The van der Waals surface area contributed by atoms with E-state index in [1.54, 1.807) is 6.92 Å². The van der Waals surface area contributed by atoms with Crippen LogP contribution in [-0.2, 0) is 71.2 Å². The number of allylic oxidation sites excluding steroid dienone is 2. The van der Waals surface area contributed by atoms with Gasteiger partial charge < -0.3 is 139 Å². The van der Waals surface area contributed by atoms with Crippen LogP contribution in [0, 0.1) is 50.2 Å². The molecule has 9 aliphatic heterocycles. The van der Waals surface area contributed by atoms with Gasteiger partial charge in [-0.05, 0) is 111 Å². The standard InChI is InChI=1S/C65H102O31/c1-26-48-49(92-53-45(80)42(77)39(74)31(21-66)88-53)47(82)55(87-26)93-50-38(73)30(70)23-86-56(50)96-58(83)65-15-13-59(2,3)17-28(65)27-9-10-35-61(5)18-29(69)52(62(6,25-68)34(61)11-12-64(35,8)63(27,7)14-16-65)95-57-51(44(79)40(75)32(22-67)89-57)94-54-46(81)43(78)41(76)33(90-54)24-85-36(71)19-60(4,84)20-37(72)91-48/h9,26,28-35,38-57,66-70,73-82,84H,10-25H2,1-8H3/t26-,28-,29-,30-,31+,32+,33+,34+,35+,38-,39+,40+,41-,42-,43-,44-,45+,46+,47+,48-,49-,50+,51+,52-,53-,54-,55-,56-,57-,60?,61-,62-,63+,64+,65-/m0/s1. The molecule has 16 N–H and O–H groups in total. The molecule has 0 aromatic carbocycles. The first-order valence-electron chi connectivity index (χ1n) is 33.8. The van der Waals surface area contributed by atoms with Crippen molar-refractivity contribution in [2.24, 2.45) is 50.2 Å². The van der Waals surface area contributed by atoms with Crippen molar-refractivity contribution in [1.82, 2.24) is 0 Å². The van der Waals surface area contributed by atoms with Gasteiger partial charge in [0.05, 0.1) is 68.6 Å². The number of hydrogen-bond acceptors (Lipinski definition) is 31. The fourth-order valence-electron chi connectivity index (χ4n) is 19.0. The van der Waals surface area contributed by atoms with Crippen molar-refractivity contribution in [3.05, 3.63) is 11.6 Å². The average molecular weight is 1380 g/mol. The fourth-order valence-corrected chi connectivity index (χ4v) is 19.0. The molecule has 31 nitrogen and oxygen atoms in total. The summed E-state index contributed by atoms with van der Waals surface area (Å²) >= 11 is 0. The lowest BCUT2D eigenvalue weighted by Gasteiger charge is -2.72. The molecule has 96 heavy (non-hydrogen) atoms. The molecule has 0 aromatic heterocycles. The quantitative estimate of drug-likeness (QED) is 0.0541. The van der Waals surface area contributed by atoms with Crippen molar-refractivity contribution in [2.45, 2.75) is 291 Å². The molecule has 0 aromatic rings. The maximum atomic E-state index is 15.7. The first-order valence-corrected chi connectivity index (χ1v) is 33.8. The molecule has 14 rings (SSSR count). The predicted molar refractivity (Wildman–Crippen MR) is 318 cm³/mol. The number of hydrogen-bond donors (Lipinski definition) is 16. The molecule has 7 saturated heterocycles. The molecule has 0 amide bonds. The minimum absolute atomic E-state index is 0.130. The molecule has 4 saturated carbocycles. The minimum Gasteiger partial charge on any atom is -0.463 e. The Balaban J connectivity index is 0.959. The van der Waals surface area contributed by atoms with E-state index in [1.807, 2.05) is 0 Å². The summed E-state index contributed by atoms with van der Waals surface area (Å²) < 4.78 is 72.5. The van der Waals surface area contributed by atoms with Crippen LogP contribution in [0.25, 0.3) is 0 Å². The monoisotopic (exact) mass is 1380 g/mol. The highest BCUT2D eigenvalue weighted by atomic mass is 16.8. The third kappa shape index (κ3) is 12.8. The largest absolute Gasteiger partial charge is 0.463 e. The van der Waals surface area contributed by atoms with E-state index in [0.29, 0.717) is 51.4 Å². The van der Waals surface area contributed by atoms with Gasteiger partial charge in [-0.1, -0.05) is 53.2 Å². The molecule has 1 unspecified atom stereocenters. The Hall–Kier alpha value is -2.85. The lowest BCUT2D eigenvalue weighted by atomic mass is 9.33. The van der Waals surface area contributed by atoms with E-state index in [-0.39, 0.29) is 23.7 Å². The molecule has 5 aliphatic carbocycles. The van der Waals surface area contributed by atoms with E-state index >= 15 is 4.79 Å². The molecule has 14 aliphatic rings. The Kier molecular flexibility index (Phi) is 21.2. The van der Waals surface area contributed by atoms with Gasteiger partial charge >= 0.3 is 17.9 Å². The fraction of sp³-hybridized carbons (Fsp3) is 0.923. The summed E-state index contributed by atoms with van der Waals surface area (Å²) in [7, 11) is 0. The van der Waals surface area contributed by atoms with Crippen LogP contribution >= 0.6 is 0 Å². The van der Waals surface area contributed by atoms with E-state index < -0.39 is 262 Å². The minimum atomic E-state index is -2.34. The number of aliphatic hydroxyl groups excluding tert-OH is 15. The maximum Gasteiger partial charge on any atom is 0.315 e. The summed E-state index contributed by atoms with van der Waals surface area (Å²) in [5.74, 6) is -4.10. The molecular formula is C65H102O31. The van der Waals surface area contributed by atoms with Gasteiger partial charge in [-0.3, -0.25) is 14.4 Å². The summed E-state index contributed by atoms with van der Waals surface area (Å²) in [5.41, 5.74) is -5.78. The molecule has 12 bridgehead atoms. The summed E-state index contributed by atoms with van der Waals surface area (Å²) in [6.07, 6.45) is -43.2. The molecule has 0 radical (unpaired) electrons. The second kappa shape index (κ2) is 27.4. The Labute approximate surface area is 555 Å². The Bertz CT molecular complexity index is 2810. The Morgan fingerprint density at radius 1 is 0.552 bits per heavy atom. The topological polar surface area (TPSA) is 486 Å². The van der Waals surface area contributed by atoms with Crippen LogP contribution in [0.5, 0.6) is 0 Å². The van der Waals surface area contributed by atoms with Crippen molar-refractivity contribution < 1.29 is 153 Å². The smallest absolute Gasteiger partial charge is 0.315 e. The van der Waals surface area contributed by atoms with Gasteiger partial charge in [-0.2, -0.15) is 0 Å². The van der Waals surface area contributed by atoms with E-state index in [2.05, 4.69) is 40.7 Å². The summed E-state index contributed by atoms with van der Waals surface area (Å²) in [6, 6.07) is 0. The number of carbonyl (C=O) groups is 3. The highest BCUT2D eigenvalue weighted by Gasteiger charge is 2.72. The average Bonchev–Trinajstić information content (AvgIpc) is 0.673. The molecule has 9 heterocycles. The zero-order valence-corrected chi connectivity index (χ0v) is 55.4. The molecular weight excluding hydrogens is 1280 g/mol. The third-order valence-electron chi connectivity index (χ3n) is 24.7.